The Hall–Kier alpha value is -1.53. The SMILES string of the molecule is CN(C(=O)CCN)c1ccc2c(c1)NC(=O)CS2. The molecule has 0 bridgehead atoms. The zero-order valence-electron chi connectivity index (χ0n) is 10.1. The highest BCUT2D eigenvalue weighted by Crippen LogP contribution is 2.34. The zero-order chi connectivity index (χ0) is 13.1. The first-order valence-electron chi connectivity index (χ1n) is 5.65. The summed E-state index contributed by atoms with van der Waals surface area (Å²) >= 11 is 1.50. The van der Waals surface area contributed by atoms with Crippen LogP contribution in [0.4, 0.5) is 11.4 Å². The van der Waals surface area contributed by atoms with Gasteiger partial charge >= 0.3 is 0 Å². The number of hydrogen-bond donors (Lipinski definition) is 2. The molecule has 1 aromatic rings. The maximum Gasteiger partial charge on any atom is 0.234 e. The molecule has 0 aliphatic carbocycles. The van der Waals surface area contributed by atoms with Crippen LogP contribution < -0.4 is 16.0 Å². The third-order valence-corrected chi connectivity index (χ3v) is 3.79. The van der Waals surface area contributed by atoms with E-state index in [9.17, 15) is 9.59 Å². The van der Waals surface area contributed by atoms with Gasteiger partial charge in [-0.3, -0.25) is 9.59 Å². The number of nitrogens with zero attached hydrogens (tertiary/aromatic N) is 1. The molecule has 0 saturated carbocycles. The minimum Gasteiger partial charge on any atom is -0.330 e. The van der Waals surface area contributed by atoms with Crippen LogP contribution in [-0.4, -0.2) is 31.2 Å². The second kappa shape index (κ2) is 5.41. The predicted octanol–water partition coefficient (Wildman–Crippen LogP) is 1.04. The molecule has 5 nitrogen and oxygen atoms in total. The Kier molecular flexibility index (Phi) is 3.88. The number of nitrogens with two attached hydrogens (primary N) is 1. The molecule has 6 heteroatoms. The van der Waals surface area contributed by atoms with E-state index in [2.05, 4.69) is 5.32 Å². The number of carbonyl (C=O) groups excluding carboxylic acids is 2. The molecule has 2 amide bonds. The Bertz CT molecular complexity index is 490. The number of rotatable bonds is 3. The van der Waals surface area contributed by atoms with Crippen LogP contribution in [0.1, 0.15) is 6.42 Å². The van der Waals surface area contributed by atoms with Gasteiger partial charge < -0.3 is 16.0 Å². The van der Waals surface area contributed by atoms with Crippen molar-refractivity contribution < 1.29 is 9.59 Å². The number of carbonyl (C=O) groups is 2. The van der Waals surface area contributed by atoms with Crippen LogP contribution in [0.15, 0.2) is 23.1 Å². The van der Waals surface area contributed by atoms with Crippen molar-refractivity contribution in [3.05, 3.63) is 18.2 Å². The van der Waals surface area contributed by atoms with Gasteiger partial charge in [-0.05, 0) is 18.2 Å². The molecule has 0 radical (unpaired) electrons. The van der Waals surface area contributed by atoms with Crippen LogP contribution in [0.25, 0.3) is 0 Å². The maximum atomic E-state index is 11.7. The molecule has 1 aromatic carbocycles. The summed E-state index contributed by atoms with van der Waals surface area (Å²) < 4.78 is 0. The Morgan fingerprint density at radius 2 is 2.33 bits per heavy atom. The summed E-state index contributed by atoms with van der Waals surface area (Å²) in [6, 6.07) is 5.60. The standard InChI is InChI=1S/C12H15N3O2S/c1-15(12(17)4-5-13)8-2-3-10-9(6-8)14-11(16)7-18-10/h2-3,6H,4-5,7,13H2,1H3,(H,14,16). The second-order valence-corrected chi connectivity index (χ2v) is 5.03. The molecular formula is C12H15N3O2S. The maximum absolute atomic E-state index is 11.7. The highest BCUT2D eigenvalue weighted by molar-refractivity contribution is 8.00. The van der Waals surface area contributed by atoms with E-state index in [4.69, 9.17) is 5.73 Å². The quantitative estimate of drug-likeness (QED) is 0.856. The van der Waals surface area contributed by atoms with Crippen LogP contribution in [0.5, 0.6) is 0 Å². The van der Waals surface area contributed by atoms with Gasteiger partial charge in [0.2, 0.25) is 11.8 Å². The molecule has 3 N–H and O–H groups in total. The van der Waals surface area contributed by atoms with E-state index in [-0.39, 0.29) is 11.8 Å². The smallest absolute Gasteiger partial charge is 0.234 e. The Labute approximate surface area is 110 Å². The molecule has 1 aliphatic heterocycles. The number of benzene rings is 1. The topological polar surface area (TPSA) is 75.4 Å². The summed E-state index contributed by atoms with van der Waals surface area (Å²) in [5.41, 5.74) is 6.89. The van der Waals surface area contributed by atoms with E-state index >= 15 is 0 Å². The van der Waals surface area contributed by atoms with Gasteiger partial charge in [-0.2, -0.15) is 0 Å². The molecule has 18 heavy (non-hydrogen) atoms. The van der Waals surface area contributed by atoms with Crippen LogP contribution in [-0.2, 0) is 9.59 Å². The van der Waals surface area contributed by atoms with Crippen molar-refractivity contribution in [3.63, 3.8) is 0 Å². The molecule has 2 rings (SSSR count). The first kappa shape index (κ1) is 12.9. The largest absolute Gasteiger partial charge is 0.330 e. The molecule has 0 atom stereocenters. The van der Waals surface area contributed by atoms with Gasteiger partial charge in [0.25, 0.3) is 0 Å². The summed E-state index contributed by atoms with van der Waals surface area (Å²) in [4.78, 5) is 25.6. The van der Waals surface area contributed by atoms with Gasteiger partial charge in [0, 0.05) is 30.6 Å². The van der Waals surface area contributed by atoms with Crippen molar-refractivity contribution in [1.29, 1.82) is 0 Å². The molecule has 0 unspecified atom stereocenters. The minimum absolute atomic E-state index is 0.0133. The van der Waals surface area contributed by atoms with E-state index in [0.717, 1.165) is 16.3 Å². The number of hydrogen-bond acceptors (Lipinski definition) is 4. The van der Waals surface area contributed by atoms with Crippen LogP contribution in [0, 0.1) is 0 Å². The fourth-order valence-corrected chi connectivity index (χ4v) is 2.50. The molecule has 0 saturated heterocycles. The number of thioether (sulfide) groups is 1. The van der Waals surface area contributed by atoms with E-state index in [1.54, 1.807) is 11.9 Å². The van der Waals surface area contributed by atoms with Gasteiger partial charge in [0.05, 0.1) is 11.4 Å². The zero-order valence-corrected chi connectivity index (χ0v) is 10.9. The lowest BCUT2D eigenvalue weighted by Gasteiger charge is -2.21. The molecule has 1 heterocycles. The van der Waals surface area contributed by atoms with Gasteiger partial charge in [0.15, 0.2) is 0 Å². The number of fused-ring (bicyclic) bond motifs is 1. The van der Waals surface area contributed by atoms with Gasteiger partial charge in [-0.25, -0.2) is 0 Å². The molecular weight excluding hydrogens is 250 g/mol. The van der Waals surface area contributed by atoms with Gasteiger partial charge in [-0.15, -0.1) is 11.8 Å². The molecule has 0 aromatic heterocycles. The first-order chi connectivity index (χ1) is 8.61. The monoisotopic (exact) mass is 265 g/mol. The van der Waals surface area contributed by atoms with E-state index < -0.39 is 0 Å². The average Bonchev–Trinajstić information content (AvgIpc) is 2.37. The number of nitrogens with one attached hydrogen (secondary N) is 1. The van der Waals surface area contributed by atoms with Gasteiger partial charge in [0.1, 0.15) is 0 Å². The summed E-state index contributed by atoms with van der Waals surface area (Å²) in [6.07, 6.45) is 0.314. The van der Waals surface area contributed by atoms with Crippen molar-refractivity contribution in [2.75, 3.05) is 29.6 Å². The minimum atomic E-state index is -0.0350. The normalized spacial score (nSPS) is 13.8. The van der Waals surface area contributed by atoms with Crippen LogP contribution in [0.3, 0.4) is 0 Å². The summed E-state index contributed by atoms with van der Waals surface area (Å²) in [7, 11) is 1.71. The summed E-state index contributed by atoms with van der Waals surface area (Å²) in [6.45, 7) is 0.334. The highest BCUT2D eigenvalue weighted by Gasteiger charge is 2.17. The second-order valence-electron chi connectivity index (χ2n) is 4.01. The Morgan fingerprint density at radius 3 is 3.06 bits per heavy atom. The first-order valence-corrected chi connectivity index (χ1v) is 6.63. The third-order valence-electron chi connectivity index (χ3n) is 2.72. The fourth-order valence-electron chi connectivity index (χ4n) is 1.71. The Morgan fingerprint density at radius 1 is 1.56 bits per heavy atom. The van der Waals surface area contributed by atoms with E-state index in [0.29, 0.717) is 18.7 Å². The van der Waals surface area contributed by atoms with Crippen molar-refractivity contribution in [2.45, 2.75) is 11.3 Å². The van der Waals surface area contributed by atoms with Crippen molar-refractivity contribution in [3.8, 4) is 0 Å². The van der Waals surface area contributed by atoms with Crippen LogP contribution in [0.2, 0.25) is 0 Å². The molecule has 0 fully saturated rings. The molecule has 1 aliphatic rings. The van der Waals surface area contributed by atoms with Crippen molar-refractivity contribution >= 4 is 35.0 Å². The van der Waals surface area contributed by atoms with E-state index in [1.807, 2.05) is 18.2 Å². The highest BCUT2D eigenvalue weighted by atomic mass is 32.2. The third kappa shape index (κ3) is 2.65. The average molecular weight is 265 g/mol. The van der Waals surface area contributed by atoms with E-state index in [1.165, 1.54) is 11.8 Å². The van der Waals surface area contributed by atoms with Crippen LogP contribution >= 0.6 is 11.8 Å². The lowest BCUT2D eigenvalue weighted by Crippen LogP contribution is -2.28. The summed E-state index contributed by atoms with van der Waals surface area (Å²) in [5.74, 6) is 0.390. The molecule has 96 valence electrons. The number of anilines is 2. The Balaban J connectivity index is 2.22. The fraction of sp³-hybridized carbons (Fsp3) is 0.333. The lowest BCUT2D eigenvalue weighted by atomic mass is 10.2. The van der Waals surface area contributed by atoms with Gasteiger partial charge in [-0.1, -0.05) is 0 Å². The number of amides is 2. The van der Waals surface area contributed by atoms with Crippen molar-refractivity contribution in [1.82, 2.24) is 0 Å². The summed E-state index contributed by atoms with van der Waals surface area (Å²) in [5, 5.41) is 2.80. The molecule has 0 spiro atoms. The lowest BCUT2D eigenvalue weighted by molar-refractivity contribution is -0.118. The predicted molar refractivity (Wildman–Crippen MR) is 72.9 cm³/mol. The van der Waals surface area contributed by atoms with Crippen molar-refractivity contribution in [2.24, 2.45) is 5.73 Å².